The predicted octanol–water partition coefficient (Wildman–Crippen LogP) is 11.9. The molecule has 5 aliphatic rings. The van der Waals surface area contributed by atoms with Gasteiger partial charge in [-0.05, 0) is 149 Å². The maximum Gasteiger partial charge on any atom is 0.309 e. The fourth-order valence-corrected chi connectivity index (χ4v) is 14.5. The van der Waals surface area contributed by atoms with Crippen LogP contribution in [0.25, 0.3) is 5.69 Å². The summed E-state index contributed by atoms with van der Waals surface area (Å²) in [6, 6.07) is 9.78. The number of carboxylic acid groups (broad SMARTS) is 1. The molecule has 0 amide bonds. The Morgan fingerprint density at radius 1 is 0.912 bits per heavy atom. The van der Waals surface area contributed by atoms with Crippen LogP contribution in [0.3, 0.4) is 0 Å². The molecule has 0 spiro atoms. The monoisotopic (exact) mass is 803 g/mol. The van der Waals surface area contributed by atoms with Crippen molar-refractivity contribution in [2.24, 2.45) is 50.7 Å². The Morgan fingerprint density at radius 2 is 1.61 bits per heavy atom. The van der Waals surface area contributed by atoms with E-state index in [4.69, 9.17) is 16.3 Å². The summed E-state index contributed by atoms with van der Waals surface area (Å²) in [6.45, 7) is 23.6. The van der Waals surface area contributed by atoms with Gasteiger partial charge in [-0.15, -0.1) is 0 Å². The lowest BCUT2D eigenvalue weighted by atomic mass is 9.33. The Hall–Kier alpha value is -2.80. The first kappa shape index (κ1) is 42.3. The second kappa shape index (κ2) is 14.7. The fraction of sp³-hybridized carbons (Fsp3) is 0.735. The van der Waals surface area contributed by atoms with Crippen LogP contribution in [0.15, 0.2) is 46.3 Å². The zero-order valence-electron chi connectivity index (χ0n) is 36.7. The number of carbonyl (C=O) groups is 2. The molecule has 0 saturated heterocycles. The highest BCUT2D eigenvalue weighted by Gasteiger charge is 2.70. The lowest BCUT2D eigenvalue weighted by Gasteiger charge is -2.72. The number of allylic oxidation sites excluding steroid dienone is 2. The molecule has 2 aromatic rings. The number of halogens is 1. The van der Waals surface area contributed by atoms with Crippen molar-refractivity contribution in [2.45, 2.75) is 177 Å². The number of carboxylic acids is 1. The minimum atomic E-state index is -1.15. The number of hydrogen-bond donors (Lipinski definition) is 1. The third-order valence-corrected chi connectivity index (χ3v) is 17.8. The number of aromatic nitrogens is 2. The minimum Gasteiger partial charge on any atom is -0.481 e. The minimum absolute atomic E-state index is 0.0558. The Balaban J connectivity index is 1.24. The molecule has 1 aromatic carbocycles. The van der Waals surface area contributed by atoms with Gasteiger partial charge in [0.15, 0.2) is 0 Å². The van der Waals surface area contributed by atoms with Crippen molar-refractivity contribution in [1.82, 2.24) is 9.36 Å². The van der Waals surface area contributed by atoms with Gasteiger partial charge in [0.1, 0.15) is 6.10 Å². The highest BCUT2D eigenvalue weighted by atomic mass is 35.5. The van der Waals surface area contributed by atoms with Crippen molar-refractivity contribution in [3.05, 3.63) is 62.5 Å². The number of unbranched alkanes of at least 4 members (excludes halogenated alkanes) is 2. The summed E-state index contributed by atoms with van der Waals surface area (Å²) in [4.78, 5) is 39.3. The van der Waals surface area contributed by atoms with Crippen LogP contribution >= 0.6 is 11.6 Å². The Morgan fingerprint density at radius 3 is 2.26 bits per heavy atom. The fourth-order valence-electron chi connectivity index (χ4n) is 14.3. The van der Waals surface area contributed by atoms with Gasteiger partial charge in [-0.3, -0.25) is 19.1 Å². The predicted molar refractivity (Wildman–Crippen MR) is 229 cm³/mol. The van der Waals surface area contributed by atoms with Gasteiger partial charge in [0.2, 0.25) is 0 Å². The van der Waals surface area contributed by atoms with E-state index in [1.807, 2.05) is 35.0 Å². The lowest BCUT2D eigenvalue weighted by molar-refractivity contribution is -0.232. The molecule has 5 aliphatic carbocycles. The van der Waals surface area contributed by atoms with E-state index < -0.39 is 17.4 Å². The second-order valence-corrected chi connectivity index (χ2v) is 21.9. The molecule has 4 saturated carbocycles. The average Bonchev–Trinajstić information content (AvgIpc) is 3.69. The first-order chi connectivity index (χ1) is 26.7. The van der Waals surface area contributed by atoms with Crippen molar-refractivity contribution in [1.29, 1.82) is 0 Å². The Kier molecular flexibility index (Phi) is 10.9. The molecule has 0 aliphatic heterocycles. The Bertz CT molecular complexity index is 1970. The third-order valence-electron chi connectivity index (χ3n) is 17.6. The largest absolute Gasteiger partial charge is 0.481 e. The first-order valence-electron chi connectivity index (χ1n) is 22.4. The summed E-state index contributed by atoms with van der Waals surface area (Å²) in [5.41, 5.74) is 4.38. The molecular formula is C49H71ClN2O5. The lowest BCUT2D eigenvalue weighted by Crippen LogP contribution is -2.66. The normalized spacial score (nSPS) is 34.7. The summed E-state index contributed by atoms with van der Waals surface area (Å²) in [6.07, 6.45) is 13.8. The molecule has 8 atom stereocenters. The molecule has 4 fully saturated rings. The maximum atomic E-state index is 14.2. The number of aliphatic carboxylic acids is 1. The number of fused-ring (bicyclic) bond motifs is 7. The molecular weight excluding hydrogens is 732 g/mol. The molecule has 57 heavy (non-hydrogen) atoms. The highest BCUT2D eigenvalue weighted by molar-refractivity contribution is 6.30. The van der Waals surface area contributed by atoms with Gasteiger partial charge in [0, 0.05) is 28.5 Å². The quantitative estimate of drug-likeness (QED) is 0.139. The Labute approximate surface area is 347 Å². The highest BCUT2D eigenvalue weighted by Crippen LogP contribution is 2.77. The molecule has 7 rings (SSSR count). The van der Waals surface area contributed by atoms with Gasteiger partial charge in [-0.25, -0.2) is 4.68 Å². The molecule has 1 aromatic heterocycles. The van der Waals surface area contributed by atoms with Crippen LogP contribution < -0.4 is 5.56 Å². The van der Waals surface area contributed by atoms with E-state index in [2.05, 4.69) is 60.1 Å². The number of benzene rings is 1. The molecule has 0 unspecified atom stereocenters. The van der Waals surface area contributed by atoms with E-state index in [1.165, 1.54) is 18.5 Å². The standard InChI is InChI=1S/C49H71ClN2O5/c1-11-12-13-28-51-38(29-40(53)52(51)33-16-14-32(50)15-17-33)49-25-20-34(31(2)3)42(49)35-18-19-37-46(8)23-22-39(57-41(54)30-44(4,5)43(55)56)45(6,7)36(46)21-24-48(37,10)47(35,9)26-27-49/h14-17,29,31,35-37,39H,11-13,18-28,30H2,1-10H3,(H,55,56)/t35-,36+,37-,39+,46+,47-,48-,49-/m1/s1. The van der Waals surface area contributed by atoms with Gasteiger partial charge in [-0.2, -0.15) is 0 Å². The maximum absolute atomic E-state index is 14.2. The number of esters is 1. The zero-order valence-corrected chi connectivity index (χ0v) is 37.5. The van der Waals surface area contributed by atoms with E-state index in [0.29, 0.717) is 28.7 Å². The number of ether oxygens (including phenoxy) is 1. The summed E-state index contributed by atoms with van der Waals surface area (Å²) < 4.78 is 10.6. The molecule has 8 heteroatoms. The van der Waals surface area contributed by atoms with E-state index in [1.54, 1.807) is 25.0 Å². The van der Waals surface area contributed by atoms with Crippen LogP contribution in [-0.4, -0.2) is 32.5 Å². The summed E-state index contributed by atoms with van der Waals surface area (Å²) in [5, 5.41) is 10.3. The van der Waals surface area contributed by atoms with Gasteiger partial charge in [0.05, 0.1) is 23.2 Å². The van der Waals surface area contributed by atoms with Gasteiger partial charge in [-0.1, -0.05) is 91.0 Å². The van der Waals surface area contributed by atoms with Crippen LogP contribution in [0.5, 0.6) is 0 Å². The molecule has 314 valence electrons. The van der Waals surface area contributed by atoms with Crippen molar-refractivity contribution in [3.8, 4) is 5.69 Å². The number of carbonyl (C=O) groups excluding carboxylic acids is 1. The topological polar surface area (TPSA) is 90.5 Å². The molecule has 0 bridgehead atoms. The van der Waals surface area contributed by atoms with Crippen LogP contribution in [0.4, 0.5) is 0 Å². The number of hydrogen-bond acceptors (Lipinski definition) is 4. The van der Waals surface area contributed by atoms with Gasteiger partial charge >= 0.3 is 11.9 Å². The van der Waals surface area contributed by atoms with Crippen LogP contribution in [0.1, 0.15) is 165 Å². The summed E-state index contributed by atoms with van der Waals surface area (Å²) in [5.74, 6) is 0.523. The second-order valence-electron chi connectivity index (χ2n) is 21.5. The molecule has 0 radical (unpaired) electrons. The molecule has 1 heterocycles. The van der Waals surface area contributed by atoms with E-state index in [9.17, 15) is 19.5 Å². The van der Waals surface area contributed by atoms with Crippen LogP contribution in [0.2, 0.25) is 5.02 Å². The van der Waals surface area contributed by atoms with E-state index >= 15 is 0 Å². The number of rotatable bonds is 11. The third kappa shape index (κ3) is 6.52. The van der Waals surface area contributed by atoms with Gasteiger partial charge in [0.25, 0.3) is 5.56 Å². The molecule has 7 nitrogen and oxygen atoms in total. The number of nitrogens with zero attached hydrogens (tertiary/aromatic N) is 2. The van der Waals surface area contributed by atoms with Crippen molar-refractivity contribution >= 4 is 23.5 Å². The first-order valence-corrected chi connectivity index (χ1v) is 22.8. The molecule has 1 N–H and O–H groups in total. The van der Waals surface area contributed by atoms with E-state index in [-0.39, 0.29) is 45.2 Å². The zero-order chi connectivity index (χ0) is 41.5. The van der Waals surface area contributed by atoms with Crippen molar-refractivity contribution < 1.29 is 19.4 Å². The van der Waals surface area contributed by atoms with Crippen LogP contribution in [0, 0.1) is 50.7 Å². The summed E-state index contributed by atoms with van der Waals surface area (Å²) >= 11 is 6.34. The average molecular weight is 804 g/mol. The van der Waals surface area contributed by atoms with Crippen molar-refractivity contribution in [3.63, 3.8) is 0 Å². The van der Waals surface area contributed by atoms with Crippen molar-refractivity contribution in [2.75, 3.05) is 0 Å². The van der Waals surface area contributed by atoms with Gasteiger partial charge < -0.3 is 9.84 Å². The van der Waals surface area contributed by atoms with Crippen LogP contribution in [-0.2, 0) is 26.3 Å². The van der Waals surface area contributed by atoms with E-state index in [0.717, 1.165) is 82.9 Å². The summed E-state index contributed by atoms with van der Waals surface area (Å²) in [7, 11) is 0. The smallest absolute Gasteiger partial charge is 0.309 e. The SMILES string of the molecule is CCCCCn1c([C@]23CCC(C(C)C)=C2[C@H]2CC[C@@H]4[C@@]5(C)CC[C@H](OC(=O)CC(C)(C)C(=O)O)C(C)(C)[C@@H]5CC[C@@]4(C)[C@]2(C)CC3)cc(=O)n1-c1ccc(Cl)cc1.